The van der Waals surface area contributed by atoms with Crippen LogP contribution in [-0.2, 0) is 6.42 Å². The average Bonchev–Trinajstić information content (AvgIpc) is 2.91. The molecule has 0 spiro atoms. The maximum Gasteiger partial charge on any atom is 0.0851 e. The summed E-state index contributed by atoms with van der Waals surface area (Å²) in [4.78, 5) is 0. The highest BCUT2D eigenvalue weighted by atomic mass is 16.3. The summed E-state index contributed by atoms with van der Waals surface area (Å²) in [6.07, 6.45) is 20.4. The third-order valence-electron chi connectivity index (χ3n) is 7.29. The lowest BCUT2D eigenvalue weighted by Gasteiger charge is -2.10. The minimum absolute atomic E-state index is 0.333. The normalized spacial score (nSPS) is 11.9. The Balaban J connectivity index is 0.00000132. The second-order valence-electron chi connectivity index (χ2n) is 10.7. The highest BCUT2D eigenvalue weighted by molar-refractivity contribution is 5.85. The fourth-order valence-electron chi connectivity index (χ4n) is 4.46. The van der Waals surface area contributed by atoms with E-state index in [-0.39, 0.29) is 0 Å². The first-order chi connectivity index (χ1) is 18.3. The van der Waals surface area contributed by atoms with E-state index in [4.69, 9.17) is 5.11 Å². The van der Waals surface area contributed by atoms with Crippen LogP contribution in [-0.4, -0.2) is 12.2 Å². The Morgan fingerprint density at radius 1 is 0.868 bits per heavy atom. The molecule has 0 fully saturated rings. The molecule has 210 valence electrons. The van der Waals surface area contributed by atoms with Gasteiger partial charge in [0.25, 0.3) is 0 Å². The molecule has 2 heteroatoms. The Hall–Kier alpha value is -2.74. The monoisotopic (exact) mass is 517 g/mol. The van der Waals surface area contributed by atoms with Gasteiger partial charge in [-0.2, -0.15) is 0 Å². The van der Waals surface area contributed by atoms with Crippen molar-refractivity contribution in [1.29, 1.82) is 0 Å². The third kappa shape index (κ3) is 14.9. The Kier molecular flexibility index (Phi) is 17.7. The molecule has 0 saturated heterocycles. The molecule has 0 saturated carbocycles. The van der Waals surface area contributed by atoms with Crippen LogP contribution in [0.2, 0.25) is 0 Å². The molecule has 0 aliphatic heterocycles. The van der Waals surface area contributed by atoms with Crippen molar-refractivity contribution in [1.82, 2.24) is 5.32 Å². The van der Waals surface area contributed by atoms with E-state index in [1.807, 2.05) is 20.0 Å². The van der Waals surface area contributed by atoms with Crippen LogP contribution >= 0.6 is 0 Å². The van der Waals surface area contributed by atoms with Crippen molar-refractivity contribution in [2.45, 2.75) is 104 Å². The van der Waals surface area contributed by atoms with Crippen LogP contribution in [0.3, 0.4) is 0 Å². The number of nitrogens with one attached hydrogen (secondary N) is 1. The van der Waals surface area contributed by atoms with Crippen LogP contribution in [0.5, 0.6) is 0 Å². The highest BCUT2D eigenvalue weighted by Crippen LogP contribution is 2.23. The van der Waals surface area contributed by atoms with Gasteiger partial charge in [0.15, 0.2) is 0 Å². The molecule has 0 bridgehead atoms. The van der Waals surface area contributed by atoms with Crippen molar-refractivity contribution in [3.63, 3.8) is 0 Å². The minimum atomic E-state index is 0.333. The molecule has 0 aliphatic carbocycles. The molecule has 2 aromatic rings. The summed E-state index contributed by atoms with van der Waals surface area (Å²) in [5.74, 6) is 0.879. The van der Waals surface area contributed by atoms with E-state index in [2.05, 4.69) is 81.4 Å². The molecule has 0 radical (unpaired) electrons. The lowest BCUT2D eigenvalue weighted by atomic mass is 9.95. The Labute approximate surface area is 234 Å². The molecule has 0 amide bonds. The van der Waals surface area contributed by atoms with Gasteiger partial charge in [0, 0.05) is 13.5 Å². The zero-order chi connectivity index (χ0) is 28.2. The molecule has 0 heterocycles. The number of aliphatic hydroxyl groups is 1. The van der Waals surface area contributed by atoms with Crippen LogP contribution in [0.25, 0.3) is 16.8 Å². The van der Waals surface area contributed by atoms with Gasteiger partial charge in [-0.1, -0.05) is 127 Å². The van der Waals surface area contributed by atoms with Gasteiger partial charge in [0.1, 0.15) is 0 Å². The van der Waals surface area contributed by atoms with Gasteiger partial charge in [-0.05, 0) is 77.8 Å². The summed E-state index contributed by atoms with van der Waals surface area (Å²) in [6, 6.07) is 13.8. The summed E-state index contributed by atoms with van der Waals surface area (Å²) >= 11 is 0. The van der Waals surface area contributed by atoms with E-state index in [0.29, 0.717) is 11.7 Å². The van der Waals surface area contributed by atoms with Gasteiger partial charge in [-0.25, -0.2) is 0 Å². The maximum atomic E-state index is 9.08. The van der Waals surface area contributed by atoms with Gasteiger partial charge < -0.3 is 10.4 Å². The van der Waals surface area contributed by atoms with Crippen LogP contribution < -0.4 is 5.32 Å². The Bertz CT molecular complexity index is 1000. The summed E-state index contributed by atoms with van der Waals surface area (Å²) in [7, 11) is 1.85. The van der Waals surface area contributed by atoms with Crippen LogP contribution in [0.15, 0.2) is 79.2 Å². The molecular weight excluding hydrogens is 462 g/mol. The van der Waals surface area contributed by atoms with Crippen molar-refractivity contribution in [3.05, 3.63) is 90.4 Å². The van der Waals surface area contributed by atoms with Crippen LogP contribution in [0.4, 0.5) is 0 Å². The summed E-state index contributed by atoms with van der Waals surface area (Å²) < 4.78 is 0. The SMILES string of the molecule is C=C(C)NC.C=C/C(=C/c1ccc2cc(CCCCCCCCCCCCC(=C)O)ccc2c1)C(C)CC. The first-order valence-electron chi connectivity index (χ1n) is 14.9. The van der Waals surface area contributed by atoms with Crippen molar-refractivity contribution in [2.75, 3.05) is 7.05 Å². The highest BCUT2D eigenvalue weighted by Gasteiger charge is 2.04. The fourth-order valence-corrected chi connectivity index (χ4v) is 4.46. The van der Waals surface area contributed by atoms with Gasteiger partial charge in [0.05, 0.1) is 5.76 Å². The second kappa shape index (κ2) is 20.3. The van der Waals surface area contributed by atoms with Gasteiger partial charge in [-0.3, -0.25) is 0 Å². The molecule has 0 aliphatic rings. The predicted octanol–water partition coefficient (Wildman–Crippen LogP) is 11.1. The first kappa shape index (κ1) is 33.3. The smallest absolute Gasteiger partial charge is 0.0851 e. The van der Waals surface area contributed by atoms with E-state index < -0.39 is 0 Å². The first-order valence-corrected chi connectivity index (χ1v) is 14.9. The lowest BCUT2D eigenvalue weighted by molar-refractivity contribution is 0.383. The molecule has 1 unspecified atom stereocenters. The van der Waals surface area contributed by atoms with Crippen molar-refractivity contribution >= 4 is 16.8 Å². The summed E-state index contributed by atoms with van der Waals surface area (Å²) in [5.41, 5.74) is 5.05. The quantitative estimate of drug-likeness (QED) is 0.117. The number of aliphatic hydroxyl groups excluding tert-OH is 1. The predicted molar refractivity (Wildman–Crippen MR) is 172 cm³/mol. The topological polar surface area (TPSA) is 32.3 Å². The van der Waals surface area contributed by atoms with Gasteiger partial charge >= 0.3 is 0 Å². The van der Waals surface area contributed by atoms with Crippen molar-refractivity contribution < 1.29 is 5.11 Å². The number of aryl methyl sites for hydroxylation is 1. The van der Waals surface area contributed by atoms with E-state index in [1.54, 1.807) is 0 Å². The second-order valence-corrected chi connectivity index (χ2v) is 10.7. The molecule has 2 N–H and O–H groups in total. The zero-order valence-corrected chi connectivity index (χ0v) is 25.0. The standard InChI is InChI=1S/C32H46O.C4H9N/c1-5-26(3)30(6-2)24-29-20-22-31-23-28(19-21-32(31)25-29)18-16-14-12-10-8-7-9-11-13-15-17-27(4)33;1-4(2)5-3/h6,19-26,33H,2,4-5,7-18H2,1,3H3;5H,1H2,2-3H3/b30-24-;. The molecule has 2 aromatic carbocycles. The number of hydrogen-bond donors (Lipinski definition) is 2. The molecule has 38 heavy (non-hydrogen) atoms. The van der Waals surface area contributed by atoms with Crippen molar-refractivity contribution in [2.24, 2.45) is 5.92 Å². The number of unbranched alkanes of at least 4 members (excludes halogenated alkanes) is 9. The third-order valence-corrected chi connectivity index (χ3v) is 7.29. The fraction of sp³-hybridized carbons (Fsp3) is 0.500. The lowest BCUT2D eigenvalue weighted by Crippen LogP contribution is -1.98. The Morgan fingerprint density at radius 2 is 1.39 bits per heavy atom. The molecule has 2 nitrogen and oxygen atoms in total. The molecule has 0 aromatic heterocycles. The van der Waals surface area contributed by atoms with Gasteiger partial charge in [0.2, 0.25) is 0 Å². The summed E-state index contributed by atoms with van der Waals surface area (Å²) in [5, 5.41) is 14.6. The van der Waals surface area contributed by atoms with Gasteiger partial charge in [-0.15, -0.1) is 0 Å². The molecular formula is C36H55NO. The molecule has 1 atom stereocenters. The zero-order valence-electron chi connectivity index (χ0n) is 25.0. The minimum Gasteiger partial charge on any atom is -0.513 e. The number of hydrogen-bond acceptors (Lipinski definition) is 2. The van der Waals surface area contributed by atoms with E-state index in [1.165, 1.54) is 91.7 Å². The van der Waals surface area contributed by atoms with E-state index in [9.17, 15) is 0 Å². The van der Waals surface area contributed by atoms with Crippen LogP contribution in [0, 0.1) is 5.92 Å². The number of fused-ring (bicyclic) bond motifs is 1. The molecule has 2 rings (SSSR count). The largest absolute Gasteiger partial charge is 0.513 e. The van der Waals surface area contributed by atoms with Crippen molar-refractivity contribution in [3.8, 4) is 0 Å². The number of rotatable bonds is 18. The average molecular weight is 518 g/mol. The van der Waals surface area contributed by atoms with Crippen LogP contribution in [0.1, 0.15) is 109 Å². The van der Waals surface area contributed by atoms with E-state index in [0.717, 1.165) is 25.0 Å². The number of benzene rings is 2. The number of allylic oxidation sites excluding steroid dienone is 4. The summed E-state index contributed by atoms with van der Waals surface area (Å²) in [6.45, 7) is 17.5. The maximum absolute atomic E-state index is 9.08. The van der Waals surface area contributed by atoms with E-state index >= 15 is 0 Å². The Morgan fingerprint density at radius 3 is 1.92 bits per heavy atom.